The van der Waals surface area contributed by atoms with E-state index >= 15 is 0 Å². The van der Waals surface area contributed by atoms with Gasteiger partial charge < -0.3 is 10.1 Å². The van der Waals surface area contributed by atoms with Gasteiger partial charge in [0.05, 0.1) is 17.5 Å². The molecule has 0 bridgehead atoms. The van der Waals surface area contributed by atoms with Gasteiger partial charge in [-0.2, -0.15) is 4.31 Å². The number of carbonyl (C=O) groups excluding carboxylic acids is 1. The Hall–Kier alpha value is -1.44. The molecule has 0 aromatic heterocycles. The third-order valence-electron chi connectivity index (χ3n) is 4.33. The van der Waals surface area contributed by atoms with E-state index in [0.717, 1.165) is 25.7 Å². The molecule has 3 rings (SSSR count). The number of piperidine rings is 1. The van der Waals surface area contributed by atoms with Crippen molar-refractivity contribution in [3.63, 3.8) is 0 Å². The summed E-state index contributed by atoms with van der Waals surface area (Å²) in [4.78, 5) is 12.4. The van der Waals surface area contributed by atoms with Crippen molar-refractivity contribution in [1.82, 2.24) is 9.62 Å². The van der Waals surface area contributed by atoms with Crippen molar-refractivity contribution < 1.29 is 17.9 Å². The molecule has 1 unspecified atom stereocenters. The highest BCUT2D eigenvalue weighted by Crippen LogP contribution is 2.21. The van der Waals surface area contributed by atoms with E-state index in [1.54, 1.807) is 12.1 Å². The molecule has 2 heterocycles. The van der Waals surface area contributed by atoms with E-state index in [2.05, 4.69) is 5.32 Å². The van der Waals surface area contributed by atoms with Crippen molar-refractivity contribution in [2.24, 2.45) is 0 Å². The lowest BCUT2D eigenvalue weighted by Crippen LogP contribution is -2.36. The van der Waals surface area contributed by atoms with Crippen LogP contribution in [0.3, 0.4) is 0 Å². The molecule has 0 saturated carbocycles. The lowest BCUT2D eigenvalue weighted by molar-refractivity contribution is 0.0930. The lowest BCUT2D eigenvalue weighted by atomic mass is 10.2. The number of amides is 1. The van der Waals surface area contributed by atoms with Gasteiger partial charge in [-0.3, -0.25) is 4.79 Å². The summed E-state index contributed by atoms with van der Waals surface area (Å²) in [5.41, 5.74) is 0.467. The van der Waals surface area contributed by atoms with Crippen LogP contribution in [0, 0.1) is 0 Å². The molecule has 1 aromatic carbocycles. The van der Waals surface area contributed by atoms with E-state index in [-0.39, 0.29) is 16.8 Å². The highest BCUT2D eigenvalue weighted by molar-refractivity contribution is 7.89. The SMILES string of the molecule is O=C(NC1CCOC1)c1ccc(S(=O)(=O)N2CCCCC2)cc1. The predicted molar refractivity (Wildman–Crippen MR) is 85.7 cm³/mol. The van der Waals surface area contributed by atoms with Crippen molar-refractivity contribution in [2.45, 2.75) is 36.6 Å². The zero-order valence-corrected chi connectivity index (χ0v) is 13.8. The van der Waals surface area contributed by atoms with E-state index in [0.29, 0.717) is 31.9 Å². The fourth-order valence-corrected chi connectivity index (χ4v) is 4.47. The molecule has 1 N–H and O–H groups in total. The van der Waals surface area contributed by atoms with E-state index in [1.807, 2.05) is 0 Å². The molecule has 2 saturated heterocycles. The van der Waals surface area contributed by atoms with Crippen LogP contribution in [0.5, 0.6) is 0 Å². The van der Waals surface area contributed by atoms with Gasteiger partial charge in [-0.25, -0.2) is 8.42 Å². The van der Waals surface area contributed by atoms with Crippen LogP contribution in [-0.4, -0.2) is 51.0 Å². The zero-order chi connectivity index (χ0) is 16.3. The van der Waals surface area contributed by atoms with Crippen molar-refractivity contribution in [2.75, 3.05) is 26.3 Å². The maximum Gasteiger partial charge on any atom is 0.251 e. The summed E-state index contributed by atoms with van der Waals surface area (Å²) < 4.78 is 31.9. The Morgan fingerprint density at radius 2 is 1.83 bits per heavy atom. The second-order valence-electron chi connectivity index (χ2n) is 6.02. The minimum atomic E-state index is -3.45. The van der Waals surface area contributed by atoms with Gasteiger partial charge in [0.25, 0.3) is 5.91 Å². The second kappa shape index (κ2) is 6.98. The van der Waals surface area contributed by atoms with Gasteiger partial charge in [-0.05, 0) is 43.5 Å². The molecule has 0 radical (unpaired) electrons. The number of carbonyl (C=O) groups is 1. The van der Waals surface area contributed by atoms with Crippen LogP contribution in [0.25, 0.3) is 0 Å². The largest absolute Gasteiger partial charge is 0.379 e. The molecule has 126 valence electrons. The highest BCUT2D eigenvalue weighted by atomic mass is 32.2. The van der Waals surface area contributed by atoms with Crippen molar-refractivity contribution in [3.8, 4) is 0 Å². The average Bonchev–Trinajstić information content (AvgIpc) is 3.09. The number of benzene rings is 1. The first-order chi connectivity index (χ1) is 11.1. The molecule has 2 fully saturated rings. The van der Waals surface area contributed by atoms with E-state index in [1.165, 1.54) is 16.4 Å². The second-order valence-corrected chi connectivity index (χ2v) is 7.96. The number of sulfonamides is 1. The molecule has 1 amide bonds. The number of rotatable bonds is 4. The Balaban J connectivity index is 1.69. The smallest absolute Gasteiger partial charge is 0.251 e. The van der Waals surface area contributed by atoms with Crippen LogP contribution in [0.4, 0.5) is 0 Å². The quantitative estimate of drug-likeness (QED) is 0.900. The summed E-state index contributed by atoms with van der Waals surface area (Å²) in [6.07, 6.45) is 3.70. The average molecular weight is 338 g/mol. The minimum Gasteiger partial charge on any atom is -0.379 e. The minimum absolute atomic E-state index is 0.0410. The molecule has 2 aliphatic rings. The molecule has 2 aliphatic heterocycles. The van der Waals surface area contributed by atoms with Gasteiger partial charge in [0.2, 0.25) is 10.0 Å². The summed E-state index contributed by atoms with van der Waals surface area (Å²) >= 11 is 0. The monoisotopic (exact) mass is 338 g/mol. The molecule has 7 heteroatoms. The van der Waals surface area contributed by atoms with Crippen molar-refractivity contribution in [1.29, 1.82) is 0 Å². The molecule has 6 nitrogen and oxygen atoms in total. The van der Waals surface area contributed by atoms with Crippen LogP contribution < -0.4 is 5.32 Å². The predicted octanol–water partition coefficient (Wildman–Crippen LogP) is 1.38. The number of nitrogens with one attached hydrogen (secondary N) is 1. The highest BCUT2D eigenvalue weighted by Gasteiger charge is 2.26. The van der Waals surface area contributed by atoms with Crippen LogP contribution in [0.2, 0.25) is 0 Å². The van der Waals surface area contributed by atoms with Crippen LogP contribution in [0.15, 0.2) is 29.2 Å². The number of nitrogens with zero attached hydrogens (tertiary/aromatic N) is 1. The number of ether oxygens (including phenoxy) is 1. The normalized spacial score (nSPS) is 22.9. The summed E-state index contributed by atoms with van der Waals surface area (Å²) in [6.45, 7) is 2.35. The third-order valence-corrected chi connectivity index (χ3v) is 6.25. The van der Waals surface area contributed by atoms with E-state index in [9.17, 15) is 13.2 Å². The maximum absolute atomic E-state index is 12.6. The van der Waals surface area contributed by atoms with Gasteiger partial charge >= 0.3 is 0 Å². The molecule has 23 heavy (non-hydrogen) atoms. The topological polar surface area (TPSA) is 75.7 Å². The Morgan fingerprint density at radius 1 is 1.13 bits per heavy atom. The van der Waals surface area contributed by atoms with Gasteiger partial charge in [-0.15, -0.1) is 0 Å². The molecule has 0 aliphatic carbocycles. The van der Waals surface area contributed by atoms with E-state index < -0.39 is 10.0 Å². The molecule has 0 spiro atoms. The number of hydrogen-bond acceptors (Lipinski definition) is 4. The Labute approximate surface area is 136 Å². The van der Waals surface area contributed by atoms with Gasteiger partial charge in [0, 0.05) is 25.3 Å². The first-order valence-corrected chi connectivity index (χ1v) is 9.50. The summed E-state index contributed by atoms with van der Waals surface area (Å²) in [6, 6.07) is 6.22. The fraction of sp³-hybridized carbons (Fsp3) is 0.562. The fourth-order valence-electron chi connectivity index (χ4n) is 2.95. The Bertz CT molecular complexity index is 645. The summed E-state index contributed by atoms with van der Waals surface area (Å²) in [5, 5.41) is 2.89. The molecule has 1 atom stereocenters. The number of hydrogen-bond donors (Lipinski definition) is 1. The van der Waals surface area contributed by atoms with Gasteiger partial charge in [0.1, 0.15) is 0 Å². The summed E-state index contributed by atoms with van der Waals surface area (Å²) in [7, 11) is -3.45. The van der Waals surface area contributed by atoms with E-state index in [4.69, 9.17) is 4.74 Å². The molecular formula is C16H22N2O4S. The summed E-state index contributed by atoms with van der Waals surface area (Å²) in [5.74, 6) is -0.192. The van der Waals surface area contributed by atoms with Gasteiger partial charge in [0.15, 0.2) is 0 Å². The Morgan fingerprint density at radius 3 is 2.43 bits per heavy atom. The Kier molecular flexibility index (Phi) is 4.99. The third kappa shape index (κ3) is 3.73. The first-order valence-electron chi connectivity index (χ1n) is 8.06. The first kappa shape index (κ1) is 16.4. The zero-order valence-electron chi connectivity index (χ0n) is 13.0. The van der Waals surface area contributed by atoms with Crippen molar-refractivity contribution >= 4 is 15.9 Å². The van der Waals surface area contributed by atoms with Gasteiger partial charge in [-0.1, -0.05) is 6.42 Å². The lowest BCUT2D eigenvalue weighted by Gasteiger charge is -2.25. The standard InChI is InChI=1S/C16H22N2O4S/c19-16(17-14-8-11-22-12-14)13-4-6-15(7-5-13)23(20,21)18-9-2-1-3-10-18/h4-7,14H,1-3,8-12H2,(H,17,19). The van der Waals surface area contributed by atoms with Crippen LogP contribution in [-0.2, 0) is 14.8 Å². The maximum atomic E-state index is 12.6. The van der Waals surface area contributed by atoms with Crippen LogP contribution in [0.1, 0.15) is 36.0 Å². The van der Waals surface area contributed by atoms with Crippen molar-refractivity contribution in [3.05, 3.63) is 29.8 Å². The molecule has 1 aromatic rings. The molecular weight excluding hydrogens is 316 g/mol. The van der Waals surface area contributed by atoms with Crippen LogP contribution >= 0.6 is 0 Å².